The van der Waals surface area contributed by atoms with E-state index in [4.69, 9.17) is 15.7 Å². The summed E-state index contributed by atoms with van der Waals surface area (Å²) in [6.45, 7) is 0. The van der Waals surface area contributed by atoms with Gasteiger partial charge in [-0.05, 0) is 88.8 Å². The van der Waals surface area contributed by atoms with Crippen molar-refractivity contribution in [1.82, 2.24) is 0 Å². The first-order chi connectivity index (χ1) is 27.5. The van der Waals surface area contributed by atoms with Crippen molar-refractivity contribution in [2.75, 3.05) is 0 Å². The maximum atomic E-state index is 9.20. The maximum absolute atomic E-state index is 9.20. The van der Waals surface area contributed by atoms with Crippen LogP contribution < -0.4 is 4.74 Å². The molecule has 1 aliphatic heterocycles. The molecule has 0 N–H and O–H groups in total. The maximum Gasteiger partial charge on any atom is 0.135 e. The van der Waals surface area contributed by atoms with Crippen LogP contribution in [0.3, 0.4) is 0 Å². The zero-order valence-electron chi connectivity index (χ0n) is 34.8. The molecule has 0 bridgehead atoms. The van der Waals surface area contributed by atoms with Crippen molar-refractivity contribution < 1.29 is 18.4 Å². The normalized spacial score (nSPS) is 15.0. The Labute approximate surface area is 287 Å². The second kappa shape index (κ2) is 10.2. The molecule has 9 aromatic carbocycles. The van der Waals surface area contributed by atoms with E-state index in [0.717, 1.165) is 55.3 Å². The van der Waals surface area contributed by atoms with Crippen LogP contribution in [0.4, 0.5) is 0 Å². The van der Waals surface area contributed by atoms with Crippen molar-refractivity contribution in [2.24, 2.45) is 0 Å². The van der Waals surface area contributed by atoms with Crippen LogP contribution in [0.15, 0.2) is 170 Å². The van der Waals surface area contributed by atoms with Crippen LogP contribution in [-0.4, -0.2) is 0 Å². The summed E-state index contributed by atoms with van der Waals surface area (Å²) >= 11 is 0. The Hall–Kier alpha value is -6.18. The fourth-order valence-electron chi connectivity index (χ4n) is 7.36. The quantitative estimate of drug-likeness (QED) is 0.144. The number of hydrogen-bond donors (Lipinski definition) is 0. The van der Waals surface area contributed by atoms with Crippen molar-refractivity contribution in [2.45, 2.75) is 0 Å². The first-order valence-corrected chi connectivity index (χ1v) is 15.4. The molecule has 9 aromatic rings. The van der Waals surface area contributed by atoms with Gasteiger partial charge in [0.15, 0.2) is 0 Å². The first kappa shape index (κ1) is 18.1. The number of para-hydroxylation sites is 1. The zero-order chi connectivity index (χ0) is 39.6. The van der Waals surface area contributed by atoms with Crippen molar-refractivity contribution >= 4 is 43.1 Å². The van der Waals surface area contributed by atoms with Crippen molar-refractivity contribution in [1.29, 1.82) is 0 Å². The minimum atomic E-state index is -0.500. The van der Waals surface area contributed by atoms with Gasteiger partial charge in [0.05, 0.1) is 13.7 Å². The zero-order valence-corrected chi connectivity index (χ0v) is 24.8. The van der Waals surface area contributed by atoms with Gasteiger partial charge in [-0.3, -0.25) is 0 Å². The highest BCUT2D eigenvalue weighted by Crippen LogP contribution is 2.52. The Balaban J connectivity index is 1.42. The van der Waals surface area contributed by atoms with Gasteiger partial charge in [0, 0.05) is 10.9 Å². The lowest BCUT2D eigenvalue weighted by Crippen LogP contribution is -1.98. The molecule has 0 unspecified atom stereocenters. The molecule has 1 nitrogen and oxygen atoms in total. The molecule has 47 heavy (non-hydrogen) atoms. The van der Waals surface area contributed by atoms with E-state index < -0.39 is 36.3 Å². The molecule has 1 heterocycles. The van der Waals surface area contributed by atoms with E-state index in [-0.39, 0.29) is 35.3 Å². The van der Waals surface area contributed by atoms with Crippen LogP contribution in [0, 0.1) is 0 Å². The number of hydrogen-bond acceptors (Lipinski definition) is 1. The summed E-state index contributed by atoms with van der Waals surface area (Å²) in [6.07, 6.45) is 0. The van der Waals surface area contributed by atoms with E-state index >= 15 is 0 Å². The fraction of sp³-hybridized carbons (Fsp3) is 0. The summed E-state index contributed by atoms with van der Waals surface area (Å²) in [6, 6.07) is 30.7. The Morgan fingerprint density at radius 3 is 1.77 bits per heavy atom. The highest BCUT2D eigenvalue weighted by molar-refractivity contribution is 6.30. The van der Waals surface area contributed by atoms with E-state index in [1.54, 1.807) is 12.1 Å². The van der Waals surface area contributed by atoms with Crippen molar-refractivity contribution in [3.8, 4) is 56.0 Å². The number of benzene rings is 9. The van der Waals surface area contributed by atoms with Crippen molar-refractivity contribution in [3.05, 3.63) is 170 Å². The Bertz CT molecular complexity index is 3220. The second-order valence-electron chi connectivity index (χ2n) is 11.6. The van der Waals surface area contributed by atoms with Gasteiger partial charge in [-0.15, -0.1) is 0 Å². The third-order valence-electron chi connectivity index (χ3n) is 9.23. The summed E-state index contributed by atoms with van der Waals surface area (Å²) in [5.41, 5.74) is 4.68. The lowest BCUT2D eigenvalue weighted by molar-refractivity contribution is 0.487. The predicted molar refractivity (Wildman–Crippen MR) is 198 cm³/mol. The minimum Gasteiger partial charge on any atom is -0.456 e. The average Bonchev–Trinajstić information content (AvgIpc) is 3.23. The SMILES string of the molecule is [2H]c1c([2H])c([2H])c(-c2cccc3c2ccc2c(-c4ccc5c6c(cccc46)Oc4ccccc4-5)c4ccccc4c(-c4c([2H])c([2H])c([2H])c([2H])c4[2H])c23)c([2H])c1[2H]. The number of fused-ring (bicyclic) bond motifs is 6. The third kappa shape index (κ3) is 3.84. The monoisotopic (exact) mass is 606 g/mol. The largest absolute Gasteiger partial charge is 0.456 e. The molecule has 0 atom stereocenters. The molecule has 0 saturated heterocycles. The number of rotatable bonds is 3. The third-order valence-corrected chi connectivity index (χ3v) is 9.23. The van der Waals surface area contributed by atoms with Gasteiger partial charge < -0.3 is 4.74 Å². The molecule has 218 valence electrons. The highest BCUT2D eigenvalue weighted by Gasteiger charge is 2.24. The smallest absolute Gasteiger partial charge is 0.135 e. The molecule has 0 spiro atoms. The Morgan fingerprint density at radius 1 is 0.340 bits per heavy atom. The standard InChI is InChI=1S/C46H28O/c1-3-13-29(14-4-1)31-20-11-21-34-32(31)25-28-40-44(36-19-8-7-18-35(36)43(46(34)40)30-15-5-2-6-16-30)39-27-26-38-33-17-9-10-23-41(33)47-42-24-12-22-37(39)45(38)42/h1-28H/i1D,2D,3D,4D,5D,6D,13D,14D,15D,16D. The van der Waals surface area contributed by atoms with E-state index in [1.165, 1.54) is 0 Å². The van der Waals surface area contributed by atoms with Gasteiger partial charge in [-0.2, -0.15) is 0 Å². The van der Waals surface area contributed by atoms with Gasteiger partial charge in [-0.1, -0.05) is 157 Å². The van der Waals surface area contributed by atoms with Crippen LogP contribution in [-0.2, 0) is 0 Å². The average molecular weight is 607 g/mol. The summed E-state index contributed by atoms with van der Waals surface area (Å²) in [5.74, 6) is 1.49. The van der Waals surface area contributed by atoms with Crippen molar-refractivity contribution in [3.63, 3.8) is 0 Å². The summed E-state index contributed by atoms with van der Waals surface area (Å²) < 4.78 is 93.4. The van der Waals surface area contributed by atoms with Gasteiger partial charge >= 0.3 is 0 Å². The molecule has 0 fully saturated rings. The van der Waals surface area contributed by atoms with Gasteiger partial charge in [0.2, 0.25) is 0 Å². The lowest BCUT2D eigenvalue weighted by atomic mass is 9.81. The van der Waals surface area contributed by atoms with Gasteiger partial charge in [0.1, 0.15) is 11.5 Å². The Kier molecular flexibility index (Phi) is 3.91. The molecular weight excluding hydrogens is 569 g/mol. The molecule has 1 heteroatoms. The topological polar surface area (TPSA) is 9.23 Å². The van der Waals surface area contributed by atoms with Gasteiger partial charge in [-0.25, -0.2) is 0 Å². The number of ether oxygens (including phenoxy) is 1. The second-order valence-corrected chi connectivity index (χ2v) is 11.6. The van der Waals surface area contributed by atoms with E-state index in [0.29, 0.717) is 32.7 Å². The molecule has 0 amide bonds. The van der Waals surface area contributed by atoms with Crippen LogP contribution in [0.1, 0.15) is 13.7 Å². The van der Waals surface area contributed by atoms with E-state index in [9.17, 15) is 2.74 Å². The molecule has 10 rings (SSSR count). The van der Waals surface area contributed by atoms with E-state index in [1.807, 2.05) is 78.9 Å². The molecule has 0 aliphatic carbocycles. The summed E-state index contributed by atoms with van der Waals surface area (Å²) in [7, 11) is 0. The summed E-state index contributed by atoms with van der Waals surface area (Å²) in [5, 5.41) is 5.85. The molecule has 0 saturated carbocycles. The summed E-state index contributed by atoms with van der Waals surface area (Å²) in [4.78, 5) is 0. The van der Waals surface area contributed by atoms with Crippen LogP contribution >= 0.6 is 0 Å². The Morgan fingerprint density at radius 2 is 0.936 bits per heavy atom. The van der Waals surface area contributed by atoms with Crippen LogP contribution in [0.5, 0.6) is 11.5 Å². The lowest BCUT2D eigenvalue weighted by Gasteiger charge is -2.24. The molecule has 0 radical (unpaired) electrons. The highest BCUT2D eigenvalue weighted by atomic mass is 16.5. The molecule has 1 aliphatic rings. The minimum absolute atomic E-state index is 0.0383. The predicted octanol–water partition coefficient (Wildman–Crippen LogP) is 13.1. The van der Waals surface area contributed by atoms with Crippen LogP contribution in [0.2, 0.25) is 0 Å². The van der Waals surface area contributed by atoms with Crippen LogP contribution in [0.25, 0.3) is 87.6 Å². The van der Waals surface area contributed by atoms with E-state index in [2.05, 4.69) is 18.2 Å². The van der Waals surface area contributed by atoms with Gasteiger partial charge in [0.25, 0.3) is 0 Å². The fourth-order valence-corrected chi connectivity index (χ4v) is 7.36. The molecule has 0 aromatic heterocycles. The first-order valence-electron chi connectivity index (χ1n) is 20.4. The molecular formula is C46H28O.